The Morgan fingerprint density at radius 3 is 2.53 bits per heavy atom. The van der Waals surface area contributed by atoms with Gasteiger partial charge in [-0.2, -0.15) is 0 Å². The summed E-state index contributed by atoms with van der Waals surface area (Å²) < 4.78 is 1.79. The van der Waals surface area contributed by atoms with Crippen LogP contribution in [0.5, 0.6) is 0 Å². The van der Waals surface area contributed by atoms with E-state index in [4.69, 9.17) is 0 Å². The van der Waals surface area contributed by atoms with Gasteiger partial charge in [-0.15, -0.1) is 11.3 Å². The average molecular weight is 462 g/mol. The first-order valence-electron chi connectivity index (χ1n) is 10.2. The van der Waals surface area contributed by atoms with Crippen molar-refractivity contribution >= 4 is 50.8 Å². The molecular weight excluding hydrogens is 438 g/mol. The first-order valence-corrected chi connectivity index (χ1v) is 12.0. The molecule has 162 valence electrons. The minimum absolute atomic E-state index is 0.0309. The number of amides is 2. The van der Waals surface area contributed by atoms with Gasteiger partial charge in [0.2, 0.25) is 5.91 Å². The molecule has 0 unspecified atom stereocenters. The number of thiazole rings is 1. The number of hydrogen-bond acceptors (Lipinski definition) is 5. The summed E-state index contributed by atoms with van der Waals surface area (Å²) in [6, 6.07) is 23.0. The van der Waals surface area contributed by atoms with Crippen LogP contribution in [0.15, 0.2) is 77.1 Å². The highest BCUT2D eigenvalue weighted by atomic mass is 32.2. The molecule has 0 saturated carbocycles. The Balaban J connectivity index is 1.36. The molecule has 4 rings (SSSR count). The molecule has 3 aromatic carbocycles. The fourth-order valence-electron chi connectivity index (χ4n) is 3.19. The molecule has 1 atom stereocenters. The molecule has 2 amide bonds. The molecule has 0 aliphatic heterocycles. The first kappa shape index (κ1) is 22.0. The highest BCUT2D eigenvalue weighted by Gasteiger charge is 2.12. The van der Waals surface area contributed by atoms with Gasteiger partial charge >= 0.3 is 0 Å². The van der Waals surface area contributed by atoms with Crippen LogP contribution in [0.1, 0.15) is 34.5 Å². The van der Waals surface area contributed by atoms with Gasteiger partial charge in [-0.05, 0) is 49.7 Å². The second-order valence-electron chi connectivity index (χ2n) is 7.47. The monoisotopic (exact) mass is 461 g/mol. The van der Waals surface area contributed by atoms with Crippen LogP contribution >= 0.6 is 23.1 Å². The van der Waals surface area contributed by atoms with Gasteiger partial charge in [0.15, 0.2) is 4.34 Å². The number of carbonyl (C=O) groups is 2. The van der Waals surface area contributed by atoms with Gasteiger partial charge in [0.1, 0.15) is 0 Å². The van der Waals surface area contributed by atoms with Gasteiger partial charge in [-0.25, -0.2) is 4.98 Å². The Bertz CT molecular complexity index is 1240. The molecule has 0 saturated heterocycles. The first-order chi connectivity index (χ1) is 15.5. The molecule has 0 radical (unpaired) electrons. The minimum Gasteiger partial charge on any atom is -0.349 e. The molecule has 0 spiro atoms. The van der Waals surface area contributed by atoms with E-state index in [1.54, 1.807) is 0 Å². The van der Waals surface area contributed by atoms with Crippen LogP contribution in [-0.4, -0.2) is 22.6 Å². The minimum atomic E-state index is -0.146. The summed E-state index contributed by atoms with van der Waals surface area (Å²) in [7, 11) is 0. The van der Waals surface area contributed by atoms with Gasteiger partial charge in [-0.3, -0.25) is 9.59 Å². The van der Waals surface area contributed by atoms with Crippen molar-refractivity contribution in [2.75, 3.05) is 11.1 Å². The summed E-state index contributed by atoms with van der Waals surface area (Å²) in [4.78, 5) is 29.4. The molecule has 1 aromatic heterocycles. The van der Waals surface area contributed by atoms with E-state index in [0.717, 1.165) is 31.4 Å². The maximum Gasteiger partial charge on any atom is 0.255 e. The summed E-state index contributed by atoms with van der Waals surface area (Å²) >= 11 is 2.93. The van der Waals surface area contributed by atoms with Gasteiger partial charge in [-0.1, -0.05) is 59.8 Å². The fourth-order valence-corrected chi connectivity index (χ4v) is 5.11. The number of nitrogens with one attached hydrogen (secondary N) is 2. The highest BCUT2D eigenvalue weighted by molar-refractivity contribution is 8.01. The third-order valence-electron chi connectivity index (χ3n) is 4.94. The molecule has 5 nitrogen and oxygen atoms in total. The fraction of sp³-hybridized carbons (Fsp3) is 0.160. The lowest BCUT2D eigenvalue weighted by Gasteiger charge is -2.13. The molecule has 2 N–H and O–H groups in total. The normalized spacial score (nSPS) is 11.8. The second-order valence-corrected chi connectivity index (χ2v) is 9.72. The zero-order chi connectivity index (χ0) is 22.5. The Kier molecular flexibility index (Phi) is 6.87. The van der Waals surface area contributed by atoms with Gasteiger partial charge in [0.05, 0.1) is 22.0 Å². The number of fused-ring (bicyclic) bond motifs is 1. The summed E-state index contributed by atoms with van der Waals surface area (Å²) in [5.41, 5.74) is 4.38. The van der Waals surface area contributed by atoms with Crippen LogP contribution in [0.3, 0.4) is 0 Å². The van der Waals surface area contributed by atoms with Crippen molar-refractivity contribution in [2.45, 2.75) is 24.2 Å². The van der Waals surface area contributed by atoms with Gasteiger partial charge in [0.25, 0.3) is 5.91 Å². The maximum atomic E-state index is 12.5. The van der Waals surface area contributed by atoms with E-state index in [1.165, 1.54) is 23.1 Å². The number of thioether (sulfide) groups is 1. The highest BCUT2D eigenvalue weighted by Crippen LogP contribution is 2.31. The number of aromatic nitrogens is 1. The molecule has 0 aliphatic rings. The Morgan fingerprint density at radius 1 is 1.03 bits per heavy atom. The van der Waals surface area contributed by atoms with Crippen molar-refractivity contribution in [1.82, 2.24) is 10.3 Å². The van der Waals surface area contributed by atoms with E-state index in [1.807, 2.05) is 86.6 Å². The third kappa shape index (κ3) is 5.55. The van der Waals surface area contributed by atoms with Crippen LogP contribution in [0, 0.1) is 6.92 Å². The van der Waals surface area contributed by atoms with E-state index < -0.39 is 0 Å². The van der Waals surface area contributed by atoms with Crippen LogP contribution < -0.4 is 10.6 Å². The number of carbonyl (C=O) groups excluding carboxylic acids is 2. The summed E-state index contributed by atoms with van der Waals surface area (Å²) in [6.07, 6.45) is 0. The van der Waals surface area contributed by atoms with Gasteiger partial charge < -0.3 is 10.6 Å². The average Bonchev–Trinajstić information content (AvgIpc) is 3.21. The molecule has 0 aliphatic carbocycles. The van der Waals surface area contributed by atoms with Crippen molar-refractivity contribution in [1.29, 1.82) is 0 Å². The number of anilines is 1. The SMILES string of the molecule is Cc1ccc(C(=O)Nc2ccc3nc(SCC(=O)N[C@H](C)c4ccccc4)sc3c2)cc1. The standard InChI is InChI=1S/C25H23N3O2S2/c1-16-8-10-19(11-9-16)24(30)27-20-12-13-21-22(14-20)32-25(28-21)31-15-23(29)26-17(2)18-6-4-3-5-7-18/h3-14,17H,15H2,1-2H3,(H,26,29)(H,27,30)/t17-/m1/s1. The summed E-state index contributed by atoms with van der Waals surface area (Å²) in [6.45, 7) is 3.96. The molecule has 32 heavy (non-hydrogen) atoms. The molecule has 1 heterocycles. The van der Waals surface area contributed by atoms with Crippen molar-refractivity contribution in [3.8, 4) is 0 Å². The van der Waals surface area contributed by atoms with E-state index in [0.29, 0.717) is 11.3 Å². The van der Waals surface area contributed by atoms with Crippen LogP contribution in [-0.2, 0) is 4.79 Å². The van der Waals surface area contributed by atoms with Crippen molar-refractivity contribution < 1.29 is 9.59 Å². The smallest absolute Gasteiger partial charge is 0.255 e. The summed E-state index contributed by atoms with van der Waals surface area (Å²) in [5, 5.41) is 5.95. The molecule has 4 aromatic rings. The van der Waals surface area contributed by atoms with E-state index in [2.05, 4.69) is 15.6 Å². The molecule has 7 heteroatoms. The maximum absolute atomic E-state index is 12.5. The summed E-state index contributed by atoms with van der Waals surface area (Å²) in [5.74, 6) is 0.123. The predicted octanol–water partition coefficient (Wildman–Crippen LogP) is 5.83. The lowest BCUT2D eigenvalue weighted by molar-refractivity contribution is -0.119. The molecule has 0 fully saturated rings. The number of aryl methyl sites for hydroxylation is 1. The topological polar surface area (TPSA) is 71.1 Å². The van der Waals surface area contributed by atoms with E-state index in [9.17, 15) is 9.59 Å². The molecular formula is C25H23N3O2S2. The Morgan fingerprint density at radius 2 is 1.78 bits per heavy atom. The van der Waals surface area contributed by atoms with E-state index >= 15 is 0 Å². The number of rotatable bonds is 7. The zero-order valence-corrected chi connectivity index (χ0v) is 19.4. The number of benzene rings is 3. The Hall–Kier alpha value is -3.16. The lowest BCUT2D eigenvalue weighted by atomic mass is 10.1. The van der Waals surface area contributed by atoms with Crippen molar-refractivity contribution in [3.63, 3.8) is 0 Å². The van der Waals surface area contributed by atoms with Crippen molar-refractivity contribution in [3.05, 3.63) is 89.5 Å². The Labute approximate surface area is 195 Å². The second kappa shape index (κ2) is 9.97. The van der Waals surface area contributed by atoms with Crippen LogP contribution in [0.25, 0.3) is 10.2 Å². The van der Waals surface area contributed by atoms with Crippen LogP contribution in [0.4, 0.5) is 5.69 Å². The van der Waals surface area contributed by atoms with Crippen molar-refractivity contribution in [2.24, 2.45) is 0 Å². The number of hydrogen-bond donors (Lipinski definition) is 2. The quantitative estimate of drug-likeness (QED) is 0.340. The molecule has 0 bridgehead atoms. The largest absolute Gasteiger partial charge is 0.349 e. The van der Waals surface area contributed by atoms with Crippen LogP contribution in [0.2, 0.25) is 0 Å². The zero-order valence-electron chi connectivity index (χ0n) is 17.8. The van der Waals surface area contributed by atoms with E-state index in [-0.39, 0.29) is 17.9 Å². The van der Waals surface area contributed by atoms with Gasteiger partial charge in [0, 0.05) is 11.3 Å². The lowest BCUT2D eigenvalue weighted by Crippen LogP contribution is -2.28. The third-order valence-corrected chi connectivity index (χ3v) is 7.11. The number of nitrogens with zero attached hydrogens (tertiary/aromatic N) is 1. The predicted molar refractivity (Wildman–Crippen MR) is 132 cm³/mol.